The topological polar surface area (TPSA) is 34.1 Å². The van der Waals surface area contributed by atoms with Crippen molar-refractivity contribution in [2.75, 3.05) is 20.2 Å². The molecule has 1 N–H and O–H groups in total. The highest BCUT2D eigenvalue weighted by Crippen LogP contribution is 2.34. The summed E-state index contributed by atoms with van der Waals surface area (Å²) in [6, 6.07) is 10.8. The second kappa shape index (κ2) is 5.73. The fourth-order valence-corrected chi connectivity index (χ4v) is 2.94. The first-order valence-corrected chi connectivity index (χ1v) is 7.06. The zero-order valence-electron chi connectivity index (χ0n) is 12.0. The molecule has 3 heteroatoms. The Morgan fingerprint density at radius 1 is 1.35 bits per heavy atom. The van der Waals surface area contributed by atoms with Crippen LogP contribution in [0.3, 0.4) is 0 Å². The number of aryl methyl sites for hydroxylation is 1. The first kappa shape index (κ1) is 13.3. The summed E-state index contributed by atoms with van der Waals surface area (Å²) in [4.78, 5) is 4.28. The number of hydrogen-bond donors (Lipinski definition) is 1. The molecule has 0 amide bonds. The van der Waals surface area contributed by atoms with Gasteiger partial charge >= 0.3 is 0 Å². The normalized spacial score (nSPS) is 17.8. The molecule has 0 spiro atoms. The lowest BCUT2D eigenvalue weighted by atomic mass is 9.87. The molecule has 0 saturated heterocycles. The van der Waals surface area contributed by atoms with Gasteiger partial charge in [0.15, 0.2) is 0 Å². The molecular weight excluding hydrogens is 248 g/mol. The molecule has 0 radical (unpaired) electrons. The molecule has 0 bridgehead atoms. The molecular formula is C17H20N2O. The minimum Gasteiger partial charge on any atom is -0.376 e. The van der Waals surface area contributed by atoms with Gasteiger partial charge in [0, 0.05) is 24.4 Å². The number of ether oxygens (including phenoxy) is 1. The van der Waals surface area contributed by atoms with Crippen LogP contribution in [0.2, 0.25) is 0 Å². The lowest BCUT2D eigenvalue weighted by molar-refractivity contribution is 0.0915. The van der Waals surface area contributed by atoms with Crippen LogP contribution in [0.5, 0.6) is 0 Å². The van der Waals surface area contributed by atoms with Crippen LogP contribution in [0, 0.1) is 6.92 Å². The number of hydrogen-bond acceptors (Lipinski definition) is 3. The zero-order valence-corrected chi connectivity index (χ0v) is 12.0. The number of fused-ring (bicyclic) bond motifs is 1. The van der Waals surface area contributed by atoms with Gasteiger partial charge in [0.25, 0.3) is 0 Å². The molecule has 104 valence electrons. The van der Waals surface area contributed by atoms with Crippen LogP contribution in [-0.2, 0) is 11.3 Å². The Labute approximate surface area is 120 Å². The highest BCUT2D eigenvalue weighted by atomic mass is 16.5. The summed E-state index contributed by atoms with van der Waals surface area (Å²) in [7, 11) is 1.99. The molecule has 1 aliphatic rings. The minimum atomic E-state index is 0.437. The second-order valence-electron chi connectivity index (χ2n) is 5.33. The van der Waals surface area contributed by atoms with Crippen molar-refractivity contribution in [3.8, 4) is 11.1 Å². The third-order valence-electron chi connectivity index (χ3n) is 3.88. The Hall–Kier alpha value is -1.71. The summed E-state index contributed by atoms with van der Waals surface area (Å²) in [5.41, 5.74) is 6.28. The maximum Gasteiger partial charge on any atom is 0.0725 e. The number of rotatable bonds is 3. The zero-order chi connectivity index (χ0) is 13.9. The summed E-state index contributed by atoms with van der Waals surface area (Å²) in [5, 5.41) is 3.26. The van der Waals surface area contributed by atoms with Crippen LogP contribution < -0.4 is 5.32 Å². The van der Waals surface area contributed by atoms with E-state index in [1.807, 2.05) is 20.2 Å². The number of pyridine rings is 1. The average molecular weight is 268 g/mol. The van der Waals surface area contributed by atoms with Crippen molar-refractivity contribution in [2.45, 2.75) is 19.4 Å². The van der Waals surface area contributed by atoms with Crippen molar-refractivity contribution < 1.29 is 4.74 Å². The van der Waals surface area contributed by atoms with Crippen LogP contribution >= 0.6 is 0 Å². The molecule has 0 saturated carbocycles. The van der Waals surface area contributed by atoms with Crippen LogP contribution in [0.15, 0.2) is 36.5 Å². The maximum absolute atomic E-state index is 5.80. The largest absolute Gasteiger partial charge is 0.376 e. The van der Waals surface area contributed by atoms with E-state index in [9.17, 15) is 0 Å². The average Bonchev–Trinajstić information content (AvgIpc) is 2.47. The van der Waals surface area contributed by atoms with E-state index >= 15 is 0 Å². The number of likely N-dealkylation sites (N-methyl/N-ethyl adjacent to an activating group) is 1. The van der Waals surface area contributed by atoms with Gasteiger partial charge in [-0.2, -0.15) is 0 Å². The minimum absolute atomic E-state index is 0.437. The Bertz CT molecular complexity index is 610. The number of nitrogens with zero attached hydrogens (tertiary/aromatic N) is 1. The highest BCUT2D eigenvalue weighted by molar-refractivity contribution is 5.69. The maximum atomic E-state index is 5.80. The standard InChI is InChI=1S/C17H20N2O/c1-12-8-13(6-7-19-12)15-4-3-5-16-14(9-18-2)10-20-11-17(15)16/h3-8,14,18H,9-11H2,1-2H3. The molecule has 3 nitrogen and oxygen atoms in total. The van der Waals surface area contributed by atoms with Gasteiger partial charge in [0.1, 0.15) is 0 Å². The second-order valence-corrected chi connectivity index (χ2v) is 5.33. The van der Waals surface area contributed by atoms with E-state index in [2.05, 4.69) is 40.6 Å². The quantitative estimate of drug-likeness (QED) is 0.929. The van der Waals surface area contributed by atoms with Gasteiger partial charge in [0.2, 0.25) is 0 Å². The van der Waals surface area contributed by atoms with Crippen LogP contribution in [0.4, 0.5) is 0 Å². The van der Waals surface area contributed by atoms with Gasteiger partial charge in [-0.1, -0.05) is 18.2 Å². The van der Waals surface area contributed by atoms with Crippen molar-refractivity contribution in [1.29, 1.82) is 0 Å². The monoisotopic (exact) mass is 268 g/mol. The number of nitrogens with one attached hydrogen (secondary N) is 1. The Kier molecular flexibility index (Phi) is 3.81. The third-order valence-corrected chi connectivity index (χ3v) is 3.88. The van der Waals surface area contributed by atoms with Crippen molar-refractivity contribution >= 4 is 0 Å². The van der Waals surface area contributed by atoms with Crippen molar-refractivity contribution in [1.82, 2.24) is 10.3 Å². The SMILES string of the molecule is CNCC1COCc2c(-c3ccnc(C)c3)cccc21. The highest BCUT2D eigenvalue weighted by Gasteiger charge is 2.22. The fraction of sp³-hybridized carbons (Fsp3) is 0.353. The number of benzene rings is 1. The van der Waals surface area contributed by atoms with E-state index in [1.165, 1.54) is 22.3 Å². The van der Waals surface area contributed by atoms with Gasteiger partial charge in [-0.3, -0.25) is 4.98 Å². The lowest BCUT2D eigenvalue weighted by Gasteiger charge is -2.27. The van der Waals surface area contributed by atoms with Gasteiger partial charge in [-0.25, -0.2) is 0 Å². The molecule has 1 unspecified atom stereocenters. The summed E-state index contributed by atoms with van der Waals surface area (Å²) >= 11 is 0. The van der Waals surface area contributed by atoms with Gasteiger partial charge in [-0.15, -0.1) is 0 Å². The molecule has 0 fully saturated rings. The summed E-state index contributed by atoms with van der Waals surface area (Å²) in [5.74, 6) is 0.437. The van der Waals surface area contributed by atoms with E-state index in [0.29, 0.717) is 12.5 Å². The molecule has 2 aromatic rings. The molecule has 1 aromatic heterocycles. The van der Waals surface area contributed by atoms with E-state index < -0.39 is 0 Å². The van der Waals surface area contributed by atoms with Gasteiger partial charge < -0.3 is 10.1 Å². The smallest absolute Gasteiger partial charge is 0.0725 e. The van der Waals surface area contributed by atoms with Crippen LogP contribution in [0.1, 0.15) is 22.7 Å². The molecule has 20 heavy (non-hydrogen) atoms. The van der Waals surface area contributed by atoms with Crippen LogP contribution in [-0.4, -0.2) is 25.2 Å². The number of aromatic nitrogens is 1. The molecule has 0 aliphatic carbocycles. The van der Waals surface area contributed by atoms with Crippen LogP contribution in [0.25, 0.3) is 11.1 Å². The molecule has 2 heterocycles. The Morgan fingerprint density at radius 2 is 2.25 bits per heavy atom. The summed E-state index contributed by atoms with van der Waals surface area (Å²) in [6.07, 6.45) is 1.87. The van der Waals surface area contributed by atoms with E-state index in [1.54, 1.807) is 0 Å². The predicted molar refractivity (Wildman–Crippen MR) is 80.7 cm³/mol. The van der Waals surface area contributed by atoms with E-state index in [4.69, 9.17) is 4.74 Å². The van der Waals surface area contributed by atoms with Crippen molar-refractivity contribution in [3.05, 3.63) is 53.3 Å². The first-order chi connectivity index (χ1) is 9.79. The Morgan fingerprint density at radius 3 is 3.05 bits per heavy atom. The van der Waals surface area contributed by atoms with Crippen molar-refractivity contribution in [3.63, 3.8) is 0 Å². The molecule has 1 aliphatic heterocycles. The van der Waals surface area contributed by atoms with E-state index in [0.717, 1.165) is 18.8 Å². The van der Waals surface area contributed by atoms with E-state index in [-0.39, 0.29) is 0 Å². The molecule has 3 rings (SSSR count). The molecule has 1 atom stereocenters. The predicted octanol–water partition coefficient (Wildman–Crippen LogP) is 2.89. The molecule has 1 aromatic carbocycles. The van der Waals surface area contributed by atoms with Gasteiger partial charge in [-0.05, 0) is 48.4 Å². The summed E-state index contributed by atoms with van der Waals surface area (Å²) in [6.45, 7) is 4.48. The lowest BCUT2D eigenvalue weighted by Crippen LogP contribution is -2.26. The Balaban J connectivity index is 2.07. The van der Waals surface area contributed by atoms with Crippen molar-refractivity contribution in [2.24, 2.45) is 0 Å². The fourth-order valence-electron chi connectivity index (χ4n) is 2.94. The first-order valence-electron chi connectivity index (χ1n) is 7.06. The van der Waals surface area contributed by atoms with Gasteiger partial charge in [0.05, 0.1) is 13.2 Å². The summed E-state index contributed by atoms with van der Waals surface area (Å²) < 4.78 is 5.80. The third kappa shape index (κ3) is 2.47.